The van der Waals surface area contributed by atoms with E-state index in [1.807, 2.05) is 0 Å². The SMILES string of the molecule is CCN(CC)CCN1CCc2ccccc2CO1. The minimum Gasteiger partial charge on any atom is -0.303 e. The van der Waals surface area contributed by atoms with Gasteiger partial charge in [0.15, 0.2) is 0 Å². The van der Waals surface area contributed by atoms with Gasteiger partial charge in [0.1, 0.15) is 0 Å². The van der Waals surface area contributed by atoms with Crippen molar-refractivity contribution in [2.75, 3.05) is 32.7 Å². The number of nitrogens with zero attached hydrogens (tertiary/aromatic N) is 2. The molecular formula is C15H24N2O. The Morgan fingerprint density at radius 3 is 2.61 bits per heavy atom. The van der Waals surface area contributed by atoms with E-state index in [9.17, 15) is 0 Å². The summed E-state index contributed by atoms with van der Waals surface area (Å²) in [6, 6.07) is 8.59. The van der Waals surface area contributed by atoms with E-state index in [4.69, 9.17) is 4.84 Å². The zero-order valence-corrected chi connectivity index (χ0v) is 11.6. The van der Waals surface area contributed by atoms with Crippen molar-refractivity contribution in [2.24, 2.45) is 0 Å². The second-order valence-electron chi connectivity index (χ2n) is 4.75. The highest BCUT2D eigenvalue weighted by Gasteiger charge is 2.14. The van der Waals surface area contributed by atoms with Crippen LogP contribution in [0.5, 0.6) is 0 Å². The molecular weight excluding hydrogens is 224 g/mol. The van der Waals surface area contributed by atoms with Crippen LogP contribution in [-0.2, 0) is 17.9 Å². The lowest BCUT2D eigenvalue weighted by atomic mass is 10.1. The third-order valence-corrected chi connectivity index (χ3v) is 3.71. The summed E-state index contributed by atoms with van der Waals surface area (Å²) >= 11 is 0. The van der Waals surface area contributed by atoms with Crippen LogP contribution in [0.2, 0.25) is 0 Å². The van der Waals surface area contributed by atoms with Gasteiger partial charge >= 0.3 is 0 Å². The molecule has 1 heterocycles. The first kappa shape index (κ1) is 13.5. The van der Waals surface area contributed by atoms with Gasteiger partial charge in [-0.3, -0.25) is 4.84 Å². The van der Waals surface area contributed by atoms with E-state index >= 15 is 0 Å². The Bertz CT molecular complexity index is 336. The van der Waals surface area contributed by atoms with Gasteiger partial charge in [0, 0.05) is 19.6 Å². The van der Waals surface area contributed by atoms with E-state index in [-0.39, 0.29) is 0 Å². The number of hydrogen-bond donors (Lipinski definition) is 0. The van der Waals surface area contributed by atoms with Crippen LogP contribution in [-0.4, -0.2) is 42.7 Å². The third kappa shape index (κ3) is 3.55. The van der Waals surface area contributed by atoms with E-state index in [0.717, 1.165) is 39.1 Å². The van der Waals surface area contributed by atoms with Crippen molar-refractivity contribution in [3.05, 3.63) is 35.4 Å². The summed E-state index contributed by atoms with van der Waals surface area (Å²) in [7, 11) is 0. The summed E-state index contributed by atoms with van der Waals surface area (Å²) in [5.41, 5.74) is 2.77. The highest BCUT2D eigenvalue weighted by atomic mass is 16.7. The minimum atomic E-state index is 0.717. The van der Waals surface area contributed by atoms with Crippen molar-refractivity contribution in [2.45, 2.75) is 26.9 Å². The molecule has 0 bridgehead atoms. The lowest BCUT2D eigenvalue weighted by Gasteiger charge is -2.24. The average Bonchev–Trinajstić information content (AvgIpc) is 2.63. The first-order valence-corrected chi connectivity index (χ1v) is 7.00. The van der Waals surface area contributed by atoms with Gasteiger partial charge in [-0.2, -0.15) is 5.06 Å². The maximum atomic E-state index is 5.88. The van der Waals surface area contributed by atoms with E-state index < -0.39 is 0 Å². The van der Waals surface area contributed by atoms with Gasteiger partial charge in [-0.1, -0.05) is 38.1 Å². The molecule has 0 aromatic heterocycles. The van der Waals surface area contributed by atoms with Crippen LogP contribution in [0, 0.1) is 0 Å². The molecule has 0 atom stereocenters. The predicted octanol–water partition coefficient (Wildman–Crippen LogP) is 2.32. The van der Waals surface area contributed by atoms with Crippen molar-refractivity contribution < 1.29 is 4.84 Å². The largest absolute Gasteiger partial charge is 0.303 e. The Balaban J connectivity index is 1.84. The molecule has 2 rings (SSSR count). The number of fused-ring (bicyclic) bond motifs is 1. The second kappa shape index (κ2) is 6.88. The molecule has 0 saturated carbocycles. The van der Waals surface area contributed by atoms with E-state index in [1.165, 1.54) is 11.1 Å². The molecule has 0 amide bonds. The molecule has 0 fully saturated rings. The van der Waals surface area contributed by atoms with Crippen LogP contribution in [0.15, 0.2) is 24.3 Å². The normalized spacial score (nSPS) is 16.6. The maximum Gasteiger partial charge on any atom is 0.0938 e. The third-order valence-electron chi connectivity index (χ3n) is 3.71. The van der Waals surface area contributed by atoms with Crippen molar-refractivity contribution in [1.29, 1.82) is 0 Å². The fourth-order valence-corrected chi connectivity index (χ4v) is 2.38. The summed E-state index contributed by atoms with van der Waals surface area (Å²) in [6.45, 7) is 10.5. The molecule has 3 nitrogen and oxygen atoms in total. The van der Waals surface area contributed by atoms with Gasteiger partial charge < -0.3 is 4.90 Å². The van der Waals surface area contributed by atoms with Crippen molar-refractivity contribution in [3.8, 4) is 0 Å². The van der Waals surface area contributed by atoms with Crippen molar-refractivity contribution in [3.63, 3.8) is 0 Å². The fraction of sp³-hybridized carbons (Fsp3) is 0.600. The first-order valence-electron chi connectivity index (χ1n) is 7.00. The highest BCUT2D eigenvalue weighted by molar-refractivity contribution is 5.27. The monoisotopic (exact) mass is 248 g/mol. The van der Waals surface area contributed by atoms with Crippen LogP contribution < -0.4 is 0 Å². The Morgan fingerprint density at radius 2 is 1.89 bits per heavy atom. The molecule has 18 heavy (non-hydrogen) atoms. The molecule has 1 aromatic carbocycles. The molecule has 0 aliphatic carbocycles. The highest BCUT2D eigenvalue weighted by Crippen LogP contribution is 2.16. The van der Waals surface area contributed by atoms with Gasteiger partial charge in [-0.05, 0) is 30.6 Å². The van der Waals surface area contributed by atoms with Gasteiger partial charge in [0.2, 0.25) is 0 Å². The molecule has 0 N–H and O–H groups in total. The topological polar surface area (TPSA) is 15.7 Å². The molecule has 1 aliphatic heterocycles. The quantitative estimate of drug-likeness (QED) is 0.795. The Morgan fingerprint density at radius 1 is 1.17 bits per heavy atom. The summed E-state index contributed by atoms with van der Waals surface area (Å²) in [4.78, 5) is 8.31. The molecule has 1 aromatic rings. The number of rotatable bonds is 5. The van der Waals surface area contributed by atoms with Crippen molar-refractivity contribution >= 4 is 0 Å². The predicted molar refractivity (Wildman–Crippen MR) is 74.3 cm³/mol. The molecule has 0 radical (unpaired) electrons. The smallest absolute Gasteiger partial charge is 0.0938 e. The second-order valence-corrected chi connectivity index (χ2v) is 4.75. The van der Waals surface area contributed by atoms with Crippen LogP contribution >= 0.6 is 0 Å². The molecule has 100 valence electrons. The Hall–Kier alpha value is -0.900. The van der Waals surface area contributed by atoms with Gasteiger partial charge in [0.25, 0.3) is 0 Å². The summed E-state index contributed by atoms with van der Waals surface area (Å²) in [5, 5.41) is 2.12. The van der Waals surface area contributed by atoms with Gasteiger partial charge in [-0.25, -0.2) is 0 Å². The standard InChI is InChI=1S/C15H24N2O/c1-3-16(4-2)11-12-17-10-9-14-7-5-6-8-15(14)13-18-17/h5-8H,3-4,9-13H2,1-2H3. The Kier molecular flexibility index (Phi) is 5.17. The minimum absolute atomic E-state index is 0.717. The number of likely N-dealkylation sites (N-methyl/N-ethyl adjacent to an activating group) is 1. The lowest BCUT2D eigenvalue weighted by molar-refractivity contribution is -0.167. The first-order chi connectivity index (χ1) is 8.83. The van der Waals surface area contributed by atoms with E-state index in [2.05, 4.69) is 48.1 Å². The van der Waals surface area contributed by atoms with Gasteiger partial charge in [0.05, 0.1) is 6.61 Å². The van der Waals surface area contributed by atoms with Crippen LogP contribution in [0.25, 0.3) is 0 Å². The van der Waals surface area contributed by atoms with E-state index in [1.54, 1.807) is 0 Å². The fourth-order valence-electron chi connectivity index (χ4n) is 2.38. The zero-order chi connectivity index (χ0) is 12.8. The molecule has 0 unspecified atom stereocenters. The zero-order valence-electron chi connectivity index (χ0n) is 11.6. The Labute approximate surface area is 110 Å². The molecule has 0 spiro atoms. The maximum absolute atomic E-state index is 5.88. The van der Waals surface area contributed by atoms with Crippen molar-refractivity contribution in [1.82, 2.24) is 9.96 Å². The van der Waals surface area contributed by atoms with E-state index in [0.29, 0.717) is 6.61 Å². The average molecular weight is 248 g/mol. The number of benzene rings is 1. The summed E-state index contributed by atoms with van der Waals surface area (Å²) in [6.07, 6.45) is 1.09. The van der Waals surface area contributed by atoms with Crippen LogP contribution in [0.4, 0.5) is 0 Å². The number of hydroxylamine groups is 2. The molecule has 3 heteroatoms. The van der Waals surface area contributed by atoms with Crippen LogP contribution in [0.3, 0.4) is 0 Å². The molecule has 0 saturated heterocycles. The summed E-state index contributed by atoms with van der Waals surface area (Å²) in [5.74, 6) is 0. The number of hydrogen-bond acceptors (Lipinski definition) is 3. The van der Waals surface area contributed by atoms with Gasteiger partial charge in [-0.15, -0.1) is 0 Å². The lowest BCUT2D eigenvalue weighted by Crippen LogP contribution is -2.35. The van der Waals surface area contributed by atoms with Crippen LogP contribution in [0.1, 0.15) is 25.0 Å². The summed E-state index contributed by atoms with van der Waals surface area (Å²) < 4.78 is 0. The molecule has 1 aliphatic rings.